The molecule has 0 radical (unpaired) electrons. The van der Waals surface area contributed by atoms with Crippen molar-refractivity contribution in [2.45, 2.75) is 69.5 Å². The molecule has 19 aromatic carbocycles. The Bertz CT molecular complexity index is 6900. The van der Waals surface area contributed by atoms with Gasteiger partial charge in [-0.3, -0.25) is 0 Å². The van der Waals surface area contributed by atoms with E-state index in [9.17, 15) is 0 Å². The summed E-state index contributed by atoms with van der Waals surface area (Å²) in [6.45, 7) is 0. The molecule has 18 heteroatoms. The smallest absolute Gasteiger partial charge is 0.169 e. The number of alkyl halides is 18. The molecular weight excluding hydrogens is 1130 g/mol. The molecule has 0 fully saturated rings. The van der Waals surface area contributed by atoms with Gasteiger partial charge in [0.1, 0.15) is 32.5 Å². The van der Waals surface area contributed by atoms with E-state index in [0.717, 1.165) is 0 Å². The number of allylic oxidation sites excluding steroid dienone is 4. The van der Waals surface area contributed by atoms with Crippen LogP contribution in [0.3, 0.4) is 0 Å². The molecule has 0 aliphatic heterocycles. The summed E-state index contributed by atoms with van der Waals surface area (Å²) < 4.78 is 341. The van der Waals surface area contributed by atoms with Crippen LogP contribution >= 0.6 is 0 Å². The molecule has 13 aliphatic rings. The zero-order chi connectivity index (χ0) is 55.2. The Morgan fingerprint density at radius 3 is 0.548 bits per heavy atom. The summed E-state index contributed by atoms with van der Waals surface area (Å²) in [6, 6.07) is 0. The van der Waals surface area contributed by atoms with E-state index in [1.807, 2.05) is 0 Å². The standard InChI is InChI=1S/C66F18/c67-61(68,69)55-39-25-21-11-13-7-3-1-2-4-8(7)14(11)28-32-18(4)20-6(2)10-9-5(1)19-17(3)31(27(13)39)43(55)45-33(19)29-15(9)12-16(10)30-34(20)46-44(32)56(62(70,71)72)40(28)26(21)23-22(25)37-49-50-38(23)52(56)54-58(46,64(76,77)78)42(30)36-24(12)35-41(29)57(45,63(73,74)75)53(51(37)55)59(49,65(79,80)81)47(35)48(36)60(50,54)66(82,83)84. The Balaban J connectivity index is 1.17. The van der Waals surface area contributed by atoms with Crippen LogP contribution in [0.5, 0.6) is 0 Å². The van der Waals surface area contributed by atoms with Gasteiger partial charge in [-0.1, -0.05) is 0 Å². The van der Waals surface area contributed by atoms with Gasteiger partial charge in [-0.15, -0.1) is 0 Å². The van der Waals surface area contributed by atoms with E-state index in [4.69, 9.17) is 0 Å². The molecule has 0 amide bonds. The lowest BCUT2D eigenvalue weighted by Crippen LogP contribution is -2.65. The van der Waals surface area contributed by atoms with E-state index in [2.05, 4.69) is 0 Å². The van der Waals surface area contributed by atoms with Gasteiger partial charge in [-0.25, -0.2) is 0 Å². The van der Waals surface area contributed by atoms with Gasteiger partial charge in [0.2, 0.25) is 0 Å². The highest BCUT2D eigenvalue weighted by molar-refractivity contribution is 6.74. The molecule has 0 heterocycles. The maximum Gasteiger partial charge on any atom is 0.406 e. The van der Waals surface area contributed by atoms with E-state index in [1.54, 1.807) is 0 Å². The van der Waals surface area contributed by atoms with Gasteiger partial charge in [-0.05, 0) is 294 Å². The van der Waals surface area contributed by atoms with Gasteiger partial charge in [-0.2, -0.15) is 79.0 Å². The van der Waals surface area contributed by atoms with E-state index in [0.29, 0.717) is 32.3 Å². The second-order valence-corrected chi connectivity index (χ2v) is 27.7. The van der Waals surface area contributed by atoms with Gasteiger partial charge in [0.25, 0.3) is 0 Å². The van der Waals surface area contributed by atoms with Crippen molar-refractivity contribution < 1.29 is 79.0 Å². The average Bonchev–Trinajstić information content (AvgIpc) is 1.37. The van der Waals surface area contributed by atoms with Gasteiger partial charge in [0.05, 0.1) is 0 Å². The van der Waals surface area contributed by atoms with Crippen molar-refractivity contribution in [2.75, 3.05) is 0 Å². The monoisotopic (exact) mass is 1130 g/mol. The van der Waals surface area contributed by atoms with Crippen LogP contribution in [0.4, 0.5) is 79.0 Å². The average molecular weight is 1130 g/mol. The highest BCUT2D eigenvalue weighted by Gasteiger charge is 2.93. The predicted molar refractivity (Wildman–Crippen MR) is 273 cm³/mol. The van der Waals surface area contributed by atoms with Crippen molar-refractivity contribution in [3.8, 4) is 0 Å². The summed E-state index contributed by atoms with van der Waals surface area (Å²) in [5, 5.41) is -5.01. The molecule has 19 aromatic rings. The van der Waals surface area contributed by atoms with Crippen molar-refractivity contribution in [3.63, 3.8) is 0 Å². The molecule has 13 aliphatic carbocycles. The molecule has 0 spiro atoms. The fourth-order valence-electron chi connectivity index (χ4n) is 27.4. The molecule has 0 aromatic heterocycles. The van der Waals surface area contributed by atoms with Crippen LogP contribution in [0.25, 0.3) is 205 Å². The Labute approximate surface area is 441 Å². The molecule has 0 N–H and O–H groups in total. The van der Waals surface area contributed by atoms with Crippen molar-refractivity contribution >= 4 is 205 Å². The molecular formula is C66F18. The molecule has 6 atom stereocenters. The van der Waals surface area contributed by atoms with Crippen LogP contribution in [0.15, 0.2) is 11.1 Å². The fourth-order valence-corrected chi connectivity index (χ4v) is 27.4. The molecule has 0 nitrogen and oxygen atoms in total. The largest absolute Gasteiger partial charge is 0.406 e. The summed E-state index contributed by atoms with van der Waals surface area (Å²) in [5.74, 6) is 0. The van der Waals surface area contributed by atoms with Crippen molar-refractivity contribution in [1.82, 2.24) is 0 Å². The molecule has 0 saturated carbocycles. The van der Waals surface area contributed by atoms with Crippen LogP contribution in [0.2, 0.25) is 0 Å². The van der Waals surface area contributed by atoms with E-state index in [-0.39, 0.29) is 124 Å². The third-order valence-electron chi connectivity index (χ3n) is 27.3. The van der Waals surface area contributed by atoms with Gasteiger partial charge in [0.15, 0.2) is 0 Å². The SMILES string of the molecule is FC(F)(F)C12C3=C4c5c1c1c6c7c5c5c8c9c%10c(c%11c%12c%13c(c%14c2c2c%15c%16c%17c%18c%19c%20c%21c%22c(c7c5c5c9c7c(c%225)c5c%21c%18c9c%18c%17c(c%14%15)c%13c%18c%13c%12c%10c7c%13c95)C%20(C(F)(F)F)C6=C(C12C(F)(F)F)C%16%19C(F)(F)F)C3%11C(F)(F)F)C48C(F)(F)F. The number of rotatable bonds is 0. The Kier molecular flexibility index (Phi) is 3.59. The third-order valence-corrected chi connectivity index (χ3v) is 27.3. The minimum Gasteiger partial charge on any atom is -0.169 e. The van der Waals surface area contributed by atoms with Crippen molar-refractivity contribution in [3.05, 3.63) is 89.0 Å². The first kappa shape index (κ1) is 37.8. The first-order valence-corrected chi connectivity index (χ1v) is 27.4. The molecule has 0 saturated heterocycles. The highest BCUT2D eigenvalue weighted by atomic mass is 19.4. The minimum atomic E-state index is -6.38. The summed E-state index contributed by atoms with van der Waals surface area (Å²) in [7, 11) is 0. The second-order valence-electron chi connectivity index (χ2n) is 27.7. The quantitative estimate of drug-likeness (QED) is 0.105. The van der Waals surface area contributed by atoms with Crippen LogP contribution in [0.1, 0.15) is 77.9 Å². The van der Waals surface area contributed by atoms with Gasteiger partial charge in [0, 0.05) is 0 Å². The van der Waals surface area contributed by atoms with Gasteiger partial charge < -0.3 is 0 Å². The normalized spacial score (nSPS) is 30.2. The third kappa shape index (κ3) is 2.00. The van der Waals surface area contributed by atoms with Crippen molar-refractivity contribution in [1.29, 1.82) is 0 Å². The van der Waals surface area contributed by atoms with Gasteiger partial charge >= 0.3 is 37.1 Å². The predicted octanol–water partition coefficient (Wildman–Crippen LogP) is 19.1. The Morgan fingerprint density at radius 2 is 0.298 bits per heavy atom. The fraction of sp³-hybridized carbons (Fsp3) is 0.182. The minimum absolute atomic E-state index is 0.0409. The molecule has 6 unspecified atom stereocenters. The van der Waals surface area contributed by atoms with Crippen LogP contribution in [-0.2, 0) is 32.5 Å². The lowest BCUT2D eigenvalue weighted by atomic mass is 9.43. The highest BCUT2D eigenvalue weighted by Crippen LogP contribution is 2.95. The maximum absolute atomic E-state index is 19.0. The summed E-state index contributed by atoms with van der Waals surface area (Å²) in [6.07, 6.45) is -36.9. The topological polar surface area (TPSA) is 0 Å². The molecule has 32 rings (SSSR count). The first-order valence-electron chi connectivity index (χ1n) is 27.4. The number of halogens is 18. The first-order chi connectivity index (χ1) is 39.7. The van der Waals surface area contributed by atoms with E-state index in [1.165, 1.54) is 0 Å². The second kappa shape index (κ2) is 7.97. The van der Waals surface area contributed by atoms with Crippen LogP contribution < -0.4 is 0 Å². The zero-order valence-corrected chi connectivity index (χ0v) is 39.8. The number of hydrogen-bond acceptors (Lipinski definition) is 0. The summed E-state index contributed by atoms with van der Waals surface area (Å²) in [4.78, 5) is 0. The molecule has 0 bridgehead atoms. The van der Waals surface area contributed by atoms with Crippen LogP contribution in [-0.4, -0.2) is 37.1 Å². The van der Waals surface area contributed by atoms with E-state index >= 15 is 79.0 Å². The van der Waals surface area contributed by atoms with Crippen LogP contribution in [0, 0.1) is 0 Å². The summed E-state index contributed by atoms with van der Waals surface area (Å²) >= 11 is 0. The summed E-state index contributed by atoms with van der Waals surface area (Å²) in [5.41, 5.74) is -49.6. The van der Waals surface area contributed by atoms with Crippen molar-refractivity contribution in [2.24, 2.45) is 0 Å². The van der Waals surface area contributed by atoms with E-state index < -0.39 is 207 Å². The molecule has 390 valence electrons. The molecule has 84 heavy (non-hydrogen) atoms. The lowest BCUT2D eigenvalue weighted by Gasteiger charge is -2.58. The number of benzene rings is 13. The zero-order valence-electron chi connectivity index (χ0n) is 39.8. The Morgan fingerprint density at radius 1 is 0.143 bits per heavy atom. The Hall–Kier alpha value is -8.28. The maximum atomic E-state index is 19.0. The lowest BCUT2D eigenvalue weighted by molar-refractivity contribution is -0.205. The number of hydrogen-bond donors (Lipinski definition) is 0.